The highest BCUT2D eigenvalue weighted by Gasteiger charge is 2.11. The second-order valence-electron chi connectivity index (χ2n) is 3.82. The van der Waals surface area contributed by atoms with Gasteiger partial charge in [-0.2, -0.15) is 0 Å². The van der Waals surface area contributed by atoms with E-state index in [-0.39, 0.29) is 6.04 Å². The van der Waals surface area contributed by atoms with Crippen molar-refractivity contribution >= 4 is 11.6 Å². The van der Waals surface area contributed by atoms with Crippen molar-refractivity contribution in [1.29, 1.82) is 0 Å². The molecule has 1 rings (SSSR count). The number of rotatable bonds is 5. The van der Waals surface area contributed by atoms with E-state index in [2.05, 4.69) is 19.2 Å². The van der Waals surface area contributed by atoms with Gasteiger partial charge in [0.1, 0.15) is 0 Å². The fourth-order valence-electron chi connectivity index (χ4n) is 1.46. The highest BCUT2D eigenvalue weighted by atomic mass is 35.5. The van der Waals surface area contributed by atoms with Gasteiger partial charge in [-0.3, -0.25) is 0 Å². The first kappa shape index (κ1) is 12.5. The van der Waals surface area contributed by atoms with E-state index >= 15 is 0 Å². The molecule has 3 N–H and O–H groups in total. The third-order valence-electron chi connectivity index (χ3n) is 2.61. The topological polar surface area (TPSA) is 38.0 Å². The Morgan fingerprint density at radius 3 is 2.40 bits per heavy atom. The van der Waals surface area contributed by atoms with Crippen molar-refractivity contribution in [2.75, 3.05) is 6.54 Å². The summed E-state index contributed by atoms with van der Waals surface area (Å²) in [6, 6.07) is 8.55. The molecule has 0 amide bonds. The predicted molar refractivity (Wildman–Crippen MR) is 66.1 cm³/mol. The van der Waals surface area contributed by atoms with Gasteiger partial charge in [0.25, 0.3) is 0 Å². The molecular weight excluding hydrogens is 208 g/mol. The number of halogens is 1. The van der Waals surface area contributed by atoms with E-state index in [1.165, 1.54) is 5.56 Å². The lowest BCUT2D eigenvalue weighted by Gasteiger charge is -2.21. The Balaban J connectivity index is 2.69. The maximum Gasteiger partial charge on any atom is 0.0446 e. The molecule has 15 heavy (non-hydrogen) atoms. The summed E-state index contributed by atoms with van der Waals surface area (Å²) in [7, 11) is 0. The quantitative estimate of drug-likeness (QED) is 0.810. The van der Waals surface area contributed by atoms with E-state index < -0.39 is 0 Å². The van der Waals surface area contributed by atoms with Crippen molar-refractivity contribution in [2.24, 2.45) is 5.73 Å². The minimum atomic E-state index is 0.220. The third kappa shape index (κ3) is 3.82. The van der Waals surface area contributed by atoms with Gasteiger partial charge in [-0.05, 0) is 31.0 Å². The van der Waals surface area contributed by atoms with Crippen molar-refractivity contribution in [3.05, 3.63) is 34.9 Å². The molecule has 2 atom stereocenters. The summed E-state index contributed by atoms with van der Waals surface area (Å²) >= 11 is 5.84. The van der Waals surface area contributed by atoms with Crippen LogP contribution in [0.3, 0.4) is 0 Å². The lowest BCUT2D eigenvalue weighted by Crippen LogP contribution is -2.34. The van der Waals surface area contributed by atoms with Crippen molar-refractivity contribution < 1.29 is 0 Å². The van der Waals surface area contributed by atoms with Crippen molar-refractivity contribution in [1.82, 2.24) is 5.32 Å². The zero-order valence-electron chi connectivity index (χ0n) is 9.33. The molecule has 2 unspecified atom stereocenters. The largest absolute Gasteiger partial charge is 0.329 e. The Hall–Kier alpha value is -0.570. The summed E-state index contributed by atoms with van der Waals surface area (Å²) in [6.07, 6.45) is 1.10. The van der Waals surface area contributed by atoms with E-state index in [1.807, 2.05) is 24.3 Å². The first-order chi connectivity index (χ1) is 7.17. The van der Waals surface area contributed by atoms with Gasteiger partial charge in [-0.1, -0.05) is 30.7 Å². The molecule has 0 saturated heterocycles. The standard InChI is InChI=1S/C12H19ClN2/c1-3-9(2)15-12(8-14)10-4-6-11(13)7-5-10/h4-7,9,12,15H,3,8,14H2,1-2H3. The first-order valence-electron chi connectivity index (χ1n) is 5.39. The Morgan fingerprint density at radius 2 is 1.93 bits per heavy atom. The molecule has 84 valence electrons. The van der Waals surface area contributed by atoms with Crippen LogP contribution in [0.1, 0.15) is 31.9 Å². The van der Waals surface area contributed by atoms with E-state index in [9.17, 15) is 0 Å². The fourth-order valence-corrected chi connectivity index (χ4v) is 1.58. The molecule has 0 saturated carbocycles. The Labute approximate surface area is 96.8 Å². The second kappa shape index (κ2) is 6.11. The maximum atomic E-state index is 5.84. The van der Waals surface area contributed by atoms with Crippen LogP contribution in [0.25, 0.3) is 0 Å². The molecule has 0 bridgehead atoms. The third-order valence-corrected chi connectivity index (χ3v) is 2.86. The van der Waals surface area contributed by atoms with Crippen LogP contribution in [0, 0.1) is 0 Å². The van der Waals surface area contributed by atoms with Crippen LogP contribution in [0.2, 0.25) is 5.02 Å². The van der Waals surface area contributed by atoms with Crippen LogP contribution in [0.15, 0.2) is 24.3 Å². The lowest BCUT2D eigenvalue weighted by molar-refractivity contribution is 0.452. The summed E-state index contributed by atoms with van der Waals surface area (Å²) in [5, 5.41) is 4.25. The van der Waals surface area contributed by atoms with Crippen LogP contribution in [-0.4, -0.2) is 12.6 Å². The molecule has 0 aliphatic carbocycles. The van der Waals surface area contributed by atoms with Gasteiger partial charge in [-0.25, -0.2) is 0 Å². The summed E-state index contributed by atoms with van der Waals surface area (Å²) in [5.74, 6) is 0. The van der Waals surface area contributed by atoms with Gasteiger partial charge in [0.2, 0.25) is 0 Å². The molecule has 0 aliphatic heterocycles. The minimum absolute atomic E-state index is 0.220. The zero-order valence-corrected chi connectivity index (χ0v) is 10.1. The number of nitrogens with one attached hydrogen (secondary N) is 1. The van der Waals surface area contributed by atoms with E-state index in [4.69, 9.17) is 17.3 Å². The van der Waals surface area contributed by atoms with E-state index in [0.29, 0.717) is 12.6 Å². The van der Waals surface area contributed by atoms with Crippen LogP contribution in [-0.2, 0) is 0 Å². The molecule has 2 nitrogen and oxygen atoms in total. The lowest BCUT2D eigenvalue weighted by atomic mass is 10.1. The maximum absolute atomic E-state index is 5.84. The number of nitrogens with two attached hydrogens (primary N) is 1. The van der Waals surface area contributed by atoms with Gasteiger partial charge in [0.15, 0.2) is 0 Å². The molecule has 3 heteroatoms. The Bertz CT molecular complexity index is 284. The average molecular weight is 227 g/mol. The highest BCUT2D eigenvalue weighted by Crippen LogP contribution is 2.16. The highest BCUT2D eigenvalue weighted by molar-refractivity contribution is 6.30. The second-order valence-corrected chi connectivity index (χ2v) is 4.25. The van der Waals surface area contributed by atoms with Crippen molar-refractivity contribution in [3.8, 4) is 0 Å². The van der Waals surface area contributed by atoms with Crippen LogP contribution in [0.4, 0.5) is 0 Å². The fraction of sp³-hybridized carbons (Fsp3) is 0.500. The predicted octanol–water partition coefficient (Wildman–Crippen LogP) is 2.73. The molecule has 0 heterocycles. The number of hydrogen-bond acceptors (Lipinski definition) is 2. The smallest absolute Gasteiger partial charge is 0.0446 e. The van der Waals surface area contributed by atoms with Gasteiger partial charge in [0.05, 0.1) is 0 Å². The zero-order chi connectivity index (χ0) is 11.3. The monoisotopic (exact) mass is 226 g/mol. The molecule has 0 spiro atoms. The normalized spacial score (nSPS) is 14.9. The minimum Gasteiger partial charge on any atom is -0.329 e. The Kier molecular flexibility index (Phi) is 5.09. The summed E-state index contributed by atoms with van der Waals surface area (Å²) < 4.78 is 0. The molecule has 1 aromatic carbocycles. The SMILES string of the molecule is CCC(C)NC(CN)c1ccc(Cl)cc1. The molecular formula is C12H19ClN2. The van der Waals surface area contributed by atoms with Gasteiger partial charge in [-0.15, -0.1) is 0 Å². The number of hydrogen-bond donors (Lipinski definition) is 2. The van der Waals surface area contributed by atoms with Gasteiger partial charge in [0, 0.05) is 23.7 Å². The van der Waals surface area contributed by atoms with Gasteiger partial charge < -0.3 is 11.1 Å². The van der Waals surface area contributed by atoms with Crippen LogP contribution < -0.4 is 11.1 Å². The van der Waals surface area contributed by atoms with Crippen LogP contribution >= 0.6 is 11.6 Å². The van der Waals surface area contributed by atoms with E-state index in [1.54, 1.807) is 0 Å². The molecule has 0 fully saturated rings. The summed E-state index contributed by atoms with van der Waals surface area (Å²) in [5.41, 5.74) is 6.95. The first-order valence-corrected chi connectivity index (χ1v) is 5.76. The van der Waals surface area contributed by atoms with Crippen LogP contribution in [0.5, 0.6) is 0 Å². The van der Waals surface area contributed by atoms with E-state index in [0.717, 1.165) is 11.4 Å². The average Bonchev–Trinajstić information content (AvgIpc) is 2.27. The molecule has 0 radical (unpaired) electrons. The Morgan fingerprint density at radius 1 is 1.33 bits per heavy atom. The van der Waals surface area contributed by atoms with Gasteiger partial charge >= 0.3 is 0 Å². The number of benzene rings is 1. The molecule has 0 aliphatic rings. The van der Waals surface area contributed by atoms with Crippen molar-refractivity contribution in [2.45, 2.75) is 32.4 Å². The molecule has 1 aromatic rings. The summed E-state index contributed by atoms with van der Waals surface area (Å²) in [4.78, 5) is 0. The van der Waals surface area contributed by atoms with Crippen molar-refractivity contribution in [3.63, 3.8) is 0 Å². The summed E-state index contributed by atoms with van der Waals surface area (Å²) in [6.45, 7) is 4.93. The molecule has 0 aromatic heterocycles.